The molecule has 0 radical (unpaired) electrons. The Labute approximate surface area is 98.8 Å². The van der Waals surface area contributed by atoms with Crippen LogP contribution < -0.4 is 11.1 Å². The van der Waals surface area contributed by atoms with Crippen molar-refractivity contribution in [1.82, 2.24) is 4.98 Å². The number of nitrogens with two attached hydrogens (primary N) is 1. The highest BCUT2D eigenvalue weighted by atomic mass is 16.4. The van der Waals surface area contributed by atoms with Crippen LogP contribution in [0.1, 0.15) is 24.2 Å². The summed E-state index contributed by atoms with van der Waals surface area (Å²) >= 11 is 0. The topological polar surface area (TPSA) is 105 Å². The Morgan fingerprint density at radius 3 is 2.59 bits per heavy atom. The number of hydrogen-bond donors (Lipinski definition) is 3. The second-order valence-corrected chi connectivity index (χ2v) is 3.97. The van der Waals surface area contributed by atoms with E-state index in [-0.39, 0.29) is 17.3 Å². The van der Waals surface area contributed by atoms with Crippen LogP contribution in [-0.4, -0.2) is 28.0 Å². The maximum Gasteiger partial charge on any atom is 0.339 e. The first-order valence-corrected chi connectivity index (χ1v) is 5.17. The van der Waals surface area contributed by atoms with Crippen molar-refractivity contribution in [2.45, 2.75) is 19.9 Å². The van der Waals surface area contributed by atoms with Crippen LogP contribution in [0.25, 0.3) is 0 Å². The van der Waals surface area contributed by atoms with Crippen LogP contribution in [0.2, 0.25) is 0 Å². The van der Waals surface area contributed by atoms with Crippen molar-refractivity contribution < 1.29 is 14.7 Å². The SMILES string of the molecule is CC(C)C(Nc1ncccc1C(=O)O)C(N)=O. The van der Waals surface area contributed by atoms with E-state index in [0.717, 1.165) is 0 Å². The van der Waals surface area contributed by atoms with Gasteiger partial charge in [-0.1, -0.05) is 13.8 Å². The minimum atomic E-state index is -1.10. The number of hydrogen-bond acceptors (Lipinski definition) is 4. The molecule has 0 aliphatic heterocycles. The molecular weight excluding hydrogens is 222 g/mol. The number of nitrogens with one attached hydrogen (secondary N) is 1. The monoisotopic (exact) mass is 237 g/mol. The third-order valence-electron chi connectivity index (χ3n) is 2.30. The van der Waals surface area contributed by atoms with Gasteiger partial charge in [-0.15, -0.1) is 0 Å². The lowest BCUT2D eigenvalue weighted by molar-refractivity contribution is -0.119. The minimum absolute atomic E-state index is 0.0133. The Morgan fingerprint density at radius 2 is 2.12 bits per heavy atom. The molecule has 1 amide bonds. The third kappa shape index (κ3) is 3.17. The summed E-state index contributed by atoms with van der Waals surface area (Å²) in [7, 11) is 0. The number of primary amides is 1. The fourth-order valence-electron chi connectivity index (χ4n) is 1.41. The molecule has 4 N–H and O–H groups in total. The normalized spacial score (nSPS) is 12.2. The van der Waals surface area contributed by atoms with Crippen LogP contribution in [0.3, 0.4) is 0 Å². The molecule has 6 heteroatoms. The molecule has 1 rings (SSSR count). The lowest BCUT2D eigenvalue weighted by Gasteiger charge is -2.20. The zero-order valence-corrected chi connectivity index (χ0v) is 9.68. The second-order valence-electron chi connectivity index (χ2n) is 3.97. The fraction of sp³-hybridized carbons (Fsp3) is 0.364. The van der Waals surface area contributed by atoms with Gasteiger partial charge in [0.15, 0.2) is 0 Å². The fourth-order valence-corrected chi connectivity index (χ4v) is 1.41. The number of aromatic carboxylic acids is 1. The predicted molar refractivity (Wildman–Crippen MR) is 62.6 cm³/mol. The van der Waals surface area contributed by atoms with E-state index >= 15 is 0 Å². The summed E-state index contributed by atoms with van der Waals surface area (Å²) in [4.78, 5) is 26.1. The number of rotatable bonds is 5. The Morgan fingerprint density at radius 1 is 1.47 bits per heavy atom. The smallest absolute Gasteiger partial charge is 0.339 e. The molecule has 0 aromatic carbocycles. The van der Waals surface area contributed by atoms with E-state index in [0.29, 0.717) is 0 Å². The molecule has 1 aromatic rings. The molecule has 17 heavy (non-hydrogen) atoms. The van der Waals surface area contributed by atoms with Crippen LogP contribution in [0.4, 0.5) is 5.82 Å². The maximum absolute atomic E-state index is 11.2. The van der Waals surface area contributed by atoms with Crippen molar-refractivity contribution >= 4 is 17.7 Å². The molecule has 0 saturated heterocycles. The van der Waals surface area contributed by atoms with E-state index in [1.807, 2.05) is 13.8 Å². The minimum Gasteiger partial charge on any atom is -0.478 e. The first-order valence-electron chi connectivity index (χ1n) is 5.17. The summed E-state index contributed by atoms with van der Waals surface area (Å²) in [5.74, 6) is -1.55. The van der Waals surface area contributed by atoms with Gasteiger partial charge in [-0.3, -0.25) is 4.79 Å². The quantitative estimate of drug-likeness (QED) is 0.699. The maximum atomic E-state index is 11.2. The zero-order valence-electron chi connectivity index (χ0n) is 9.68. The van der Waals surface area contributed by atoms with Crippen LogP contribution in [0, 0.1) is 5.92 Å². The number of pyridine rings is 1. The van der Waals surface area contributed by atoms with Crippen molar-refractivity contribution in [3.05, 3.63) is 23.9 Å². The molecule has 0 aliphatic rings. The van der Waals surface area contributed by atoms with Crippen molar-refractivity contribution in [3.8, 4) is 0 Å². The number of carboxylic acid groups (broad SMARTS) is 1. The van der Waals surface area contributed by atoms with Gasteiger partial charge in [-0.2, -0.15) is 0 Å². The zero-order chi connectivity index (χ0) is 13.0. The number of carbonyl (C=O) groups excluding carboxylic acids is 1. The summed E-state index contributed by atoms with van der Waals surface area (Å²) < 4.78 is 0. The molecule has 0 saturated carbocycles. The van der Waals surface area contributed by atoms with Gasteiger partial charge < -0.3 is 16.2 Å². The average molecular weight is 237 g/mol. The largest absolute Gasteiger partial charge is 0.478 e. The number of aromatic nitrogens is 1. The van der Waals surface area contributed by atoms with Crippen LogP contribution in [0.15, 0.2) is 18.3 Å². The number of carbonyl (C=O) groups is 2. The Bertz CT molecular complexity index is 432. The van der Waals surface area contributed by atoms with Crippen LogP contribution >= 0.6 is 0 Å². The lowest BCUT2D eigenvalue weighted by atomic mass is 10.0. The summed E-state index contributed by atoms with van der Waals surface area (Å²) in [6.45, 7) is 3.62. The van der Waals surface area contributed by atoms with Crippen molar-refractivity contribution in [3.63, 3.8) is 0 Å². The molecule has 0 aliphatic carbocycles. The Balaban J connectivity index is 3.01. The standard InChI is InChI=1S/C11H15N3O3/c1-6(2)8(9(12)15)14-10-7(11(16)17)4-3-5-13-10/h3-6,8H,1-2H3,(H2,12,15)(H,13,14)(H,16,17). The Kier molecular flexibility index (Phi) is 4.03. The molecular formula is C11H15N3O3. The van der Waals surface area contributed by atoms with Crippen molar-refractivity contribution in [2.75, 3.05) is 5.32 Å². The number of amides is 1. The number of carboxylic acids is 1. The molecule has 1 atom stereocenters. The lowest BCUT2D eigenvalue weighted by Crippen LogP contribution is -2.40. The first-order chi connectivity index (χ1) is 7.93. The number of nitrogens with zero attached hydrogens (tertiary/aromatic N) is 1. The van der Waals surface area contributed by atoms with Crippen molar-refractivity contribution in [2.24, 2.45) is 11.7 Å². The summed E-state index contributed by atoms with van der Waals surface area (Å²) in [5.41, 5.74) is 5.25. The van der Waals surface area contributed by atoms with Crippen LogP contribution in [0.5, 0.6) is 0 Å². The van der Waals surface area contributed by atoms with Gasteiger partial charge in [0.2, 0.25) is 5.91 Å². The molecule has 1 aromatic heterocycles. The van der Waals surface area contributed by atoms with Gasteiger partial charge in [-0.05, 0) is 18.1 Å². The molecule has 1 heterocycles. The molecule has 0 bridgehead atoms. The van der Waals surface area contributed by atoms with Gasteiger partial charge in [0, 0.05) is 6.20 Å². The average Bonchev–Trinajstić information content (AvgIpc) is 2.25. The summed E-state index contributed by atoms with van der Waals surface area (Å²) in [6.07, 6.45) is 1.45. The van der Waals surface area contributed by atoms with Crippen molar-refractivity contribution in [1.29, 1.82) is 0 Å². The van der Waals surface area contributed by atoms with Gasteiger partial charge in [0.25, 0.3) is 0 Å². The highest BCUT2D eigenvalue weighted by molar-refractivity contribution is 5.94. The molecule has 92 valence electrons. The molecule has 1 unspecified atom stereocenters. The van der Waals surface area contributed by atoms with E-state index in [4.69, 9.17) is 10.8 Å². The van der Waals surface area contributed by atoms with E-state index < -0.39 is 17.9 Å². The highest BCUT2D eigenvalue weighted by Crippen LogP contribution is 2.15. The Hall–Kier alpha value is -2.11. The van der Waals surface area contributed by atoms with Gasteiger partial charge >= 0.3 is 5.97 Å². The predicted octanol–water partition coefficient (Wildman–Crippen LogP) is 0.702. The van der Waals surface area contributed by atoms with Crippen LogP contribution in [-0.2, 0) is 4.79 Å². The molecule has 0 spiro atoms. The van der Waals surface area contributed by atoms with E-state index in [1.165, 1.54) is 18.3 Å². The highest BCUT2D eigenvalue weighted by Gasteiger charge is 2.22. The first kappa shape index (κ1) is 13.0. The van der Waals surface area contributed by atoms with E-state index in [2.05, 4.69) is 10.3 Å². The van der Waals surface area contributed by atoms with E-state index in [1.54, 1.807) is 0 Å². The summed E-state index contributed by atoms with van der Waals surface area (Å²) in [6, 6.07) is 2.28. The summed E-state index contributed by atoms with van der Waals surface area (Å²) in [5, 5.41) is 11.7. The number of anilines is 1. The van der Waals surface area contributed by atoms with Gasteiger partial charge in [0.05, 0.1) is 0 Å². The molecule has 0 fully saturated rings. The third-order valence-corrected chi connectivity index (χ3v) is 2.30. The van der Waals surface area contributed by atoms with E-state index in [9.17, 15) is 9.59 Å². The van der Waals surface area contributed by atoms with Gasteiger partial charge in [-0.25, -0.2) is 9.78 Å². The molecule has 6 nitrogen and oxygen atoms in total. The second kappa shape index (κ2) is 5.29. The van der Waals surface area contributed by atoms with Gasteiger partial charge in [0.1, 0.15) is 17.4 Å².